The minimum absolute atomic E-state index is 0.777. The largest absolute Gasteiger partial charge is 0.370 e. The number of aryl methyl sites for hydroxylation is 1. The number of halogens is 1. The van der Waals surface area contributed by atoms with Crippen LogP contribution in [-0.4, -0.2) is 17.4 Å². The van der Waals surface area contributed by atoms with Crippen LogP contribution < -0.4 is 5.32 Å². The molecule has 2 nitrogen and oxygen atoms in total. The van der Waals surface area contributed by atoms with E-state index in [1.54, 1.807) is 0 Å². The quantitative estimate of drug-likeness (QED) is 0.583. The number of rotatable bonds is 7. The highest BCUT2D eigenvalue weighted by molar-refractivity contribution is 6.17. The summed E-state index contributed by atoms with van der Waals surface area (Å²) >= 11 is 5.66. The topological polar surface area (TPSA) is 24.9 Å². The molecule has 2 aromatic rings. The predicted molar refractivity (Wildman–Crippen MR) is 84.2 cm³/mol. The van der Waals surface area contributed by atoms with E-state index in [4.69, 9.17) is 11.6 Å². The average Bonchev–Trinajstić information content (AvgIpc) is 2.43. The summed E-state index contributed by atoms with van der Waals surface area (Å²) in [5.74, 6) is 1.79. The number of nitrogens with one attached hydrogen (secondary N) is 1. The van der Waals surface area contributed by atoms with Gasteiger partial charge in [0.1, 0.15) is 5.82 Å². The molecule has 0 aliphatic carbocycles. The second-order valence-corrected chi connectivity index (χ2v) is 5.25. The Hall–Kier alpha value is -1.28. The van der Waals surface area contributed by atoms with Crippen LogP contribution in [-0.2, 0) is 0 Å². The molecule has 0 aliphatic heterocycles. The molecule has 0 aliphatic rings. The van der Waals surface area contributed by atoms with E-state index in [1.807, 2.05) is 12.1 Å². The van der Waals surface area contributed by atoms with E-state index in [0.29, 0.717) is 0 Å². The van der Waals surface area contributed by atoms with Crippen LogP contribution in [0.2, 0.25) is 0 Å². The van der Waals surface area contributed by atoms with E-state index in [2.05, 4.69) is 35.4 Å². The van der Waals surface area contributed by atoms with E-state index in [0.717, 1.165) is 30.2 Å². The van der Waals surface area contributed by atoms with Gasteiger partial charge in [0.05, 0.1) is 5.52 Å². The minimum atomic E-state index is 0.777. The molecule has 1 aromatic heterocycles. The van der Waals surface area contributed by atoms with Crippen LogP contribution in [0.3, 0.4) is 0 Å². The number of para-hydroxylation sites is 1. The maximum absolute atomic E-state index is 5.66. The first-order chi connectivity index (χ1) is 9.31. The minimum Gasteiger partial charge on any atom is -0.370 e. The number of anilines is 1. The number of nitrogens with zero attached hydrogens (tertiary/aromatic N) is 1. The molecule has 0 bridgehead atoms. The molecular formula is C16H21ClN2. The van der Waals surface area contributed by atoms with Crippen LogP contribution >= 0.6 is 11.6 Å². The van der Waals surface area contributed by atoms with Gasteiger partial charge in [0.25, 0.3) is 0 Å². The van der Waals surface area contributed by atoms with Crippen molar-refractivity contribution < 1.29 is 0 Å². The van der Waals surface area contributed by atoms with Gasteiger partial charge in [-0.2, -0.15) is 0 Å². The maximum Gasteiger partial charge on any atom is 0.129 e. The van der Waals surface area contributed by atoms with Gasteiger partial charge >= 0.3 is 0 Å². The van der Waals surface area contributed by atoms with Crippen molar-refractivity contribution in [3.8, 4) is 0 Å². The smallest absolute Gasteiger partial charge is 0.129 e. The van der Waals surface area contributed by atoms with E-state index in [-0.39, 0.29) is 0 Å². The fourth-order valence-electron chi connectivity index (χ4n) is 2.18. The Bertz CT molecular complexity index is 525. The zero-order valence-electron chi connectivity index (χ0n) is 11.5. The molecule has 0 radical (unpaired) electrons. The SMILES string of the molecule is Cc1cc2ccccc2nc1NCCCCCCCl. The maximum atomic E-state index is 5.66. The lowest BCUT2D eigenvalue weighted by Crippen LogP contribution is -2.05. The summed E-state index contributed by atoms with van der Waals surface area (Å²) in [6.07, 6.45) is 4.74. The molecule has 0 saturated carbocycles. The van der Waals surface area contributed by atoms with Crippen molar-refractivity contribution in [2.24, 2.45) is 0 Å². The second-order valence-electron chi connectivity index (χ2n) is 4.88. The summed E-state index contributed by atoms with van der Waals surface area (Å²) in [5.41, 5.74) is 2.26. The zero-order valence-corrected chi connectivity index (χ0v) is 12.2. The van der Waals surface area contributed by atoms with Gasteiger partial charge in [-0.15, -0.1) is 11.6 Å². The van der Waals surface area contributed by atoms with Crippen molar-refractivity contribution in [3.63, 3.8) is 0 Å². The van der Waals surface area contributed by atoms with Crippen molar-refractivity contribution >= 4 is 28.3 Å². The van der Waals surface area contributed by atoms with Crippen LogP contribution in [0.4, 0.5) is 5.82 Å². The number of hydrogen-bond donors (Lipinski definition) is 1. The third-order valence-corrected chi connectivity index (χ3v) is 3.53. The van der Waals surface area contributed by atoms with E-state index < -0.39 is 0 Å². The van der Waals surface area contributed by atoms with Gasteiger partial charge in [0.15, 0.2) is 0 Å². The summed E-state index contributed by atoms with van der Waals surface area (Å²) in [5, 5.41) is 4.64. The fraction of sp³-hybridized carbons (Fsp3) is 0.438. The standard InChI is InChI=1S/C16H21ClN2/c1-13-12-14-8-4-5-9-15(14)19-16(13)18-11-7-3-2-6-10-17/h4-5,8-9,12H,2-3,6-7,10-11H2,1H3,(H,18,19). The second kappa shape index (κ2) is 7.34. The Morgan fingerprint density at radius 1 is 1.11 bits per heavy atom. The molecule has 0 unspecified atom stereocenters. The summed E-state index contributed by atoms with van der Waals surface area (Å²) in [4.78, 5) is 4.68. The van der Waals surface area contributed by atoms with Gasteiger partial charge in [-0.1, -0.05) is 31.0 Å². The highest BCUT2D eigenvalue weighted by atomic mass is 35.5. The van der Waals surface area contributed by atoms with Gasteiger partial charge < -0.3 is 5.32 Å². The van der Waals surface area contributed by atoms with Gasteiger partial charge in [0, 0.05) is 17.8 Å². The Kier molecular flexibility index (Phi) is 5.46. The number of fused-ring (bicyclic) bond motifs is 1. The highest BCUT2D eigenvalue weighted by Crippen LogP contribution is 2.19. The first-order valence-corrected chi connectivity index (χ1v) is 7.51. The molecule has 1 N–H and O–H groups in total. The van der Waals surface area contributed by atoms with Crippen molar-refractivity contribution in [3.05, 3.63) is 35.9 Å². The first kappa shape index (κ1) is 14.1. The van der Waals surface area contributed by atoms with Crippen molar-refractivity contribution in [2.75, 3.05) is 17.7 Å². The molecular weight excluding hydrogens is 256 g/mol. The Labute approximate surface area is 120 Å². The lowest BCUT2D eigenvalue weighted by atomic mass is 10.1. The molecule has 0 atom stereocenters. The first-order valence-electron chi connectivity index (χ1n) is 6.97. The summed E-state index contributed by atoms with van der Waals surface area (Å²) in [6.45, 7) is 3.09. The summed E-state index contributed by atoms with van der Waals surface area (Å²) in [7, 11) is 0. The lowest BCUT2D eigenvalue weighted by molar-refractivity contribution is 0.687. The zero-order chi connectivity index (χ0) is 13.5. The number of hydrogen-bond acceptors (Lipinski definition) is 2. The van der Waals surface area contributed by atoms with Crippen LogP contribution in [0.5, 0.6) is 0 Å². The Morgan fingerprint density at radius 3 is 2.74 bits per heavy atom. The Morgan fingerprint density at radius 2 is 1.89 bits per heavy atom. The highest BCUT2D eigenvalue weighted by Gasteiger charge is 2.02. The molecule has 1 heterocycles. The third kappa shape index (κ3) is 4.10. The molecule has 0 amide bonds. The number of aromatic nitrogens is 1. The van der Waals surface area contributed by atoms with Crippen LogP contribution in [0, 0.1) is 6.92 Å². The predicted octanol–water partition coefficient (Wildman–Crippen LogP) is 4.75. The van der Waals surface area contributed by atoms with Gasteiger partial charge in [0.2, 0.25) is 0 Å². The Balaban J connectivity index is 1.91. The summed E-state index contributed by atoms with van der Waals surface area (Å²) in [6, 6.07) is 10.4. The molecule has 2 rings (SSSR count). The molecule has 0 spiro atoms. The lowest BCUT2D eigenvalue weighted by Gasteiger charge is -2.10. The molecule has 102 valence electrons. The summed E-state index contributed by atoms with van der Waals surface area (Å²) < 4.78 is 0. The average molecular weight is 277 g/mol. The van der Waals surface area contributed by atoms with Crippen molar-refractivity contribution in [1.29, 1.82) is 0 Å². The number of benzene rings is 1. The fourth-order valence-corrected chi connectivity index (χ4v) is 2.37. The molecule has 19 heavy (non-hydrogen) atoms. The molecule has 0 fully saturated rings. The van der Waals surface area contributed by atoms with Crippen LogP contribution in [0.15, 0.2) is 30.3 Å². The van der Waals surface area contributed by atoms with Gasteiger partial charge in [-0.3, -0.25) is 0 Å². The van der Waals surface area contributed by atoms with E-state index in [9.17, 15) is 0 Å². The van der Waals surface area contributed by atoms with Gasteiger partial charge in [-0.25, -0.2) is 4.98 Å². The van der Waals surface area contributed by atoms with E-state index in [1.165, 1.54) is 30.2 Å². The van der Waals surface area contributed by atoms with E-state index >= 15 is 0 Å². The van der Waals surface area contributed by atoms with Crippen molar-refractivity contribution in [1.82, 2.24) is 4.98 Å². The molecule has 1 aromatic carbocycles. The number of alkyl halides is 1. The van der Waals surface area contributed by atoms with Crippen LogP contribution in [0.25, 0.3) is 10.9 Å². The van der Waals surface area contributed by atoms with Gasteiger partial charge in [-0.05, 0) is 37.5 Å². The molecule has 0 saturated heterocycles. The third-order valence-electron chi connectivity index (χ3n) is 3.27. The van der Waals surface area contributed by atoms with Crippen molar-refractivity contribution in [2.45, 2.75) is 32.6 Å². The normalized spacial score (nSPS) is 10.8. The van der Waals surface area contributed by atoms with Crippen LogP contribution in [0.1, 0.15) is 31.2 Å². The monoisotopic (exact) mass is 276 g/mol. The molecule has 3 heteroatoms. The number of pyridine rings is 1. The number of unbranched alkanes of at least 4 members (excludes halogenated alkanes) is 3.